The van der Waals surface area contributed by atoms with Gasteiger partial charge in [0, 0.05) is 24.3 Å². The summed E-state index contributed by atoms with van der Waals surface area (Å²) < 4.78 is 0.493. The number of amides is 2. The number of hydrogen-bond acceptors (Lipinski definition) is 4. The lowest BCUT2D eigenvalue weighted by Gasteiger charge is -2.22. The quantitative estimate of drug-likeness (QED) is 0.458. The van der Waals surface area contributed by atoms with Crippen molar-refractivity contribution >= 4 is 50.9 Å². The lowest BCUT2D eigenvalue weighted by Crippen LogP contribution is -2.47. The van der Waals surface area contributed by atoms with Crippen LogP contribution in [-0.4, -0.2) is 35.1 Å². The van der Waals surface area contributed by atoms with E-state index in [9.17, 15) is 9.59 Å². The summed E-state index contributed by atoms with van der Waals surface area (Å²) in [6, 6.07) is 14.7. The van der Waals surface area contributed by atoms with Crippen LogP contribution in [0.2, 0.25) is 5.02 Å². The SMILES string of the molecule is CC1CC(NC(=O)c2[nH]nc(NCc3ccccc3Cl)c2Br)C(=O)N(C)c2ccccc21. The number of hydrogen-bond donors (Lipinski definition) is 3. The van der Waals surface area contributed by atoms with Gasteiger partial charge in [0.1, 0.15) is 11.7 Å². The summed E-state index contributed by atoms with van der Waals surface area (Å²) in [7, 11) is 1.74. The van der Waals surface area contributed by atoms with Gasteiger partial charge in [0.2, 0.25) is 5.91 Å². The van der Waals surface area contributed by atoms with Gasteiger partial charge in [-0.05, 0) is 51.5 Å². The maximum Gasteiger partial charge on any atom is 0.271 e. The molecule has 166 valence electrons. The maximum atomic E-state index is 13.1. The molecular weight excluding hydrogens is 494 g/mol. The fraction of sp³-hybridized carbons (Fsp3) is 0.261. The van der Waals surface area contributed by atoms with Gasteiger partial charge in [-0.1, -0.05) is 54.9 Å². The van der Waals surface area contributed by atoms with Crippen LogP contribution < -0.4 is 15.5 Å². The van der Waals surface area contributed by atoms with Crippen LogP contribution in [0.5, 0.6) is 0 Å². The van der Waals surface area contributed by atoms with Crippen LogP contribution in [0, 0.1) is 0 Å². The number of aromatic nitrogens is 2. The molecule has 2 amide bonds. The standard InChI is InChI=1S/C23H23BrClN5O2/c1-13-11-17(23(32)30(2)18-10-6-4-8-15(13)18)27-22(31)20-19(24)21(29-28-20)26-12-14-7-3-5-9-16(14)25/h3-10,13,17H,11-12H2,1-2H3,(H,27,31)(H2,26,28,29). The lowest BCUT2D eigenvalue weighted by atomic mass is 9.94. The van der Waals surface area contributed by atoms with Gasteiger partial charge < -0.3 is 15.5 Å². The second-order valence-electron chi connectivity index (χ2n) is 7.83. The first-order valence-corrected chi connectivity index (χ1v) is 11.4. The van der Waals surface area contributed by atoms with E-state index in [0.717, 1.165) is 16.8 Å². The molecule has 2 heterocycles. The molecule has 0 bridgehead atoms. The molecule has 2 atom stereocenters. The van der Waals surface area contributed by atoms with E-state index in [0.29, 0.717) is 28.3 Å². The first-order chi connectivity index (χ1) is 15.4. The molecule has 3 N–H and O–H groups in total. The van der Waals surface area contributed by atoms with Crippen molar-refractivity contribution in [3.8, 4) is 0 Å². The first kappa shape index (κ1) is 22.4. The number of H-pyrrole nitrogens is 1. The van der Waals surface area contributed by atoms with E-state index in [4.69, 9.17) is 11.6 Å². The topological polar surface area (TPSA) is 90.1 Å². The average molecular weight is 517 g/mol. The molecule has 0 radical (unpaired) electrons. The first-order valence-electron chi connectivity index (χ1n) is 10.2. The number of rotatable bonds is 5. The number of nitrogens with zero attached hydrogens (tertiary/aromatic N) is 2. The molecule has 1 aromatic heterocycles. The Morgan fingerprint density at radius 1 is 1.25 bits per heavy atom. The van der Waals surface area contributed by atoms with Gasteiger partial charge in [-0.25, -0.2) is 0 Å². The Bertz CT molecular complexity index is 1160. The Labute approximate surface area is 199 Å². The molecule has 0 saturated carbocycles. The van der Waals surface area contributed by atoms with Crippen molar-refractivity contribution in [1.29, 1.82) is 0 Å². The number of nitrogens with one attached hydrogen (secondary N) is 3. The third kappa shape index (κ3) is 4.38. The summed E-state index contributed by atoms with van der Waals surface area (Å²) in [4.78, 5) is 27.7. The van der Waals surface area contributed by atoms with E-state index in [1.54, 1.807) is 11.9 Å². The summed E-state index contributed by atoms with van der Waals surface area (Å²) in [5.74, 6) is 0.0477. The zero-order valence-electron chi connectivity index (χ0n) is 17.7. The molecule has 7 nitrogen and oxygen atoms in total. The number of aromatic amines is 1. The number of likely N-dealkylation sites (N-methyl/N-ethyl adjacent to an activating group) is 1. The number of carbonyl (C=O) groups is 2. The number of anilines is 2. The smallest absolute Gasteiger partial charge is 0.271 e. The van der Waals surface area contributed by atoms with E-state index >= 15 is 0 Å². The van der Waals surface area contributed by atoms with Gasteiger partial charge in [0.05, 0.1) is 4.47 Å². The lowest BCUT2D eigenvalue weighted by molar-refractivity contribution is -0.120. The number of carbonyl (C=O) groups excluding carboxylic acids is 2. The van der Waals surface area contributed by atoms with E-state index in [1.165, 1.54) is 0 Å². The second-order valence-corrected chi connectivity index (χ2v) is 9.03. The van der Waals surface area contributed by atoms with Crippen LogP contribution >= 0.6 is 27.5 Å². The monoisotopic (exact) mass is 515 g/mol. The highest BCUT2D eigenvalue weighted by atomic mass is 79.9. The zero-order valence-corrected chi connectivity index (χ0v) is 20.0. The predicted octanol–water partition coefficient (Wildman–Crippen LogP) is 4.71. The summed E-state index contributed by atoms with van der Waals surface area (Å²) in [5, 5.41) is 13.6. The van der Waals surface area contributed by atoms with Crippen molar-refractivity contribution < 1.29 is 9.59 Å². The molecule has 32 heavy (non-hydrogen) atoms. The number of para-hydroxylation sites is 1. The van der Waals surface area contributed by atoms with Gasteiger partial charge in [-0.3, -0.25) is 14.7 Å². The maximum absolute atomic E-state index is 13.1. The summed E-state index contributed by atoms with van der Waals surface area (Å²) in [6.07, 6.45) is 0.509. The van der Waals surface area contributed by atoms with Crippen molar-refractivity contribution in [3.63, 3.8) is 0 Å². The van der Waals surface area contributed by atoms with Crippen LogP contribution in [-0.2, 0) is 11.3 Å². The number of halogens is 2. The highest BCUT2D eigenvalue weighted by molar-refractivity contribution is 9.10. The van der Waals surface area contributed by atoms with Gasteiger partial charge in [-0.15, -0.1) is 0 Å². The largest absolute Gasteiger partial charge is 0.364 e. The van der Waals surface area contributed by atoms with E-state index in [1.807, 2.05) is 48.5 Å². The molecule has 0 aliphatic carbocycles. The van der Waals surface area contributed by atoms with E-state index in [-0.39, 0.29) is 17.5 Å². The van der Waals surface area contributed by atoms with Crippen molar-refractivity contribution in [3.05, 3.63) is 74.8 Å². The van der Waals surface area contributed by atoms with Crippen LogP contribution in [0.15, 0.2) is 53.0 Å². The van der Waals surface area contributed by atoms with Crippen molar-refractivity contribution in [1.82, 2.24) is 15.5 Å². The molecular formula is C23H23BrClN5O2. The Morgan fingerprint density at radius 3 is 2.75 bits per heavy atom. The Morgan fingerprint density at radius 2 is 1.97 bits per heavy atom. The van der Waals surface area contributed by atoms with Crippen molar-refractivity contribution in [2.24, 2.45) is 0 Å². The molecule has 4 rings (SSSR count). The highest BCUT2D eigenvalue weighted by Gasteiger charge is 2.33. The summed E-state index contributed by atoms with van der Waals surface area (Å²) >= 11 is 9.64. The van der Waals surface area contributed by atoms with Crippen LogP contribution in [0.4, 0.5) is 11.5 Å². The summed E-state index contributed by atoms with van der Waals surface area (Å²) in [5.41, 5.74) is 3.12. The Kier molecular flexibility index (Phi) is 6.53. The predicted molar refractivity (Wildman–Crippen MR) is 129 cm³/mol. The Balaban J connectivity index is 1.47. The van der Waals surface area contributed by atoms with Gasteiger partial charge >= 0.3 is 0 Å². The molecule has 3 aromatic rings. The van der Waals surface area contributed by atoms with Gasteiger partial charge in [0.25, 0.3) is 5.91 Å². The molecule has 1 aliphatic rings. The van der Waals surface area contributed by atoms with Crippen LogP contribution in [0.1, 0.15) is 40.9 Å². The molecule has 0 saturated heterocycles. The second kappa shape index (κ2) is 9.34. The van der Waals surface area contributed by atoms with E-state index in [2.05, 4.69) is 43.7 Å². The normalized spacial score (nSPS) is 18.1. The third-order valence-corrected chi connectivity index (χ3v) is 6.83. The van der Waals surface area contributed by atoms with Crippen LogP contribution in [0.25, 0.3) is 0 Å². The molecule has 2 unspecified atom stereocenters. The minimum atomic E-state index is -0.648. The molecule has 1 aliphatic heterocycles. The average Bonchev–Trinajstić information content (AvgIpc) is 3.13. The minimum absolute atomic E-state index is 0.114. The molecule has 2 aromatic carbocycles. The van der Waals surface area contributed by atoms with Crippen molar-refractivity contribution in [2.45, 2.75) is 31.8 Å². The Hall–Kier alpha value is -2.84. The third-order valence-electron chi connectivity index (χ3n) is 5.69. The van der Waals surface area contributed by atoms with Gasteiger partial charge in [0.15, 0.2) is 5.82 Å². The fourth-order valence-corrected chi connectivity index (χ4v) is 4.61. The molecule has 9 heteroatoms. The number of benzene rings is 2. The van der Waals surface area contributed by atoms with Gasteiger partial charge in [-0.2, -0.15) is 5.10 Å². The van der Waals surface area contributed by atoms with Crippen LogP contribution in [0.3, 0.4) is 0 Å². The fourth-order valence-electron chi connectivity index (χ4n) is 3.91. The number of fused-ring (bicyclic) bond motifs is 1. The summed E-state index contributed by atoms with van der Waals surface area (Å²) in [6.45, 7) is 2.51. The minimum Gasteiger partial charge on any atom is -0.364 e. The van der Waals surface area contributed by atoms with Crippen molar-refractivity contribution in [2.75, 3.05) is 17.3 Å². The highest BCUT2D eigenvalue weighted by Crippen LogP contribution is 2.34. The molecule has 0 spiro atoms. The zero-order chi connectivity index (χ0) is 22.8. The molecule has 0 fully saturated rings. The van der Waals surface area contributed by atoms with E-state index < -0.39 is 11.9 Å².